The summed E-state index contributed by atoms with van der Waals surface area (Å²) in [6, 6.07) is 22.7. The summed E-state index contributed by atoms with van der Waals surface area (Å²) in [7, 11) is 0. The van der Waals surface area contributed by atoms with Crippen LogP contribution in [0.1, 0.15) is 6.42 Å². The molecule has 4 aromatic carbocycles. The first-order valence-corrected chi connectivity index (χ1v) is 9.29. The van der Waals surface area contributed by atoms with Gasteiger partial charge in [-0.25, -0.2) is 4.57 Å². The lowest BCUT2D eigenvalue weighted by Crippen LogP contribution is -2.37. The van der Waals surface area contributed by atoms with Crippen LogP contribution in [0.4, 0.5) is 0 Å². The Morgan fingerprint density at radius 1 is 0.964 bits per heavy atom. The monoisotopic (exact) mass is 365 g/mol. The molecule has 0 saturated heterocycles. The van der Waals surface area contributed by atoms with Gasteiger partial charge in [-0.05, 0) is 28.3 Å². The zero-order valence-corrected chi connectivity index (χ0v) is 14.9. The lowest BCUT2D eigenvalue weighted by atomic mass is 10.1. The van der Waals surface area contributed by atoms with Crippen molar-refractivity contribution >= 4 is 55.1 Å². The van der Waals surface area contributed by atoms with Gasteiger partial charge in [0.05, 0.1) is 6.54 Å². The topological polar surface area (TPSA) is 61.3 Å². The number of carboxylic acid groups (broad SMARTS) is 1. The van der Waals surface area contributed by atoms with Crippen LogP contribution < -0.4 is 9.67 Å². The van der Waals surface area contributed by atoms with Gasteiger partial charge in [0.1, 0.15) is 5.52 Å². The van der Waals surface area contributed by atoms with Crippen LogP contribution in [0.25, 0.3) is 49.1 Å². The van der Waals surface area contributed by atoms with Gasteiger partial charge in [-0.2, -0.15) is 0 Å². The molecule has 0 fully saturated rings. The van der Waals surface area contributed by atoms with Crippen molar-refractivity contribution in [3.63, 3.8) is 0 Å². The number of nitrogens with zero attached hydrogens (tertiary/aromatic N) is 3. The zero-order chi connectivity index (χ0) is 18.8. The number of hydrogen-bond acceptors (Lipinski definition) is 3. The minimum atomic E-state index is -1.05. The first kappa shape index (κ1) is 15.3. The minimum Gasteiger partial charge on any atom is -0.550 e. The van der Waals surface area contributed by atoms with E-state index in [1.54, 1.807) is 0 Å². The van der Waals surface area contributed by atoms with Crippen molar-refractivity contribution in [3.8, 4) is 0 Å². The van der Waals surface area contributed by atoms with Gasteiger partial charge in [0.15, 0.2) is 5.52 Å². The van der Waals surface area contributed by atoms with Gasteiger partial charge in [-0.1, -0.05) is 58.1 Å². The number of rotatable bonds is 3. The molecule has 6 aromatic rings. The molecular weight excluding hydrogens is 350 g/mol. The summed E-state index contributed by atoms with van der Waals surface area (Å²) in [5.74, 6) is -1.05. The van der Waals surface area contributed by atoms with Gasteiger partial charge in [-0.3, -0.25) is 0 Å². The Morgan fingerprint density at radius 2 is 1.75 bits per heavy atom. The molecule has 0 spiro atoms. The maximum atomic E-state index is 11.1. The fraction of sp³-hybridized carbons (Fsp3) is 0.0870. The van der Waals surface area contributed by atoms with Gasteiger partial charge >= 0.3 is 5.65 Å². The molecule has 2 heterocycles. The number of aryl methyl sites for hydroxylation is 1. The van der Waals surface area contributed by atoms with Crippen LogP contribution in [0, 0.1) is 0 Å². The summed E-state index contributed by atoms with van der Waals surface area (Å²) in [5.41, 5.74) is 3.77. The van der Waals surface area contributed by atoms with Crippen LogP contribution in [0.2, 0.25) is 0 Å². The van der Waals surface area contributed by atoms with E-state index in [2.05, 4.69) is 42.5 Å². The predicted molar refractivity (Wildman–Crippen MR) is 106 cm³/mol. The van der Waals surface area contributed by atoms with Crippen molar-refractivity contribution in [2.45, 2.75) is 13.0 Å². The fourth-order valence-electron chi connectivity index (χ4n) is 4.43. The first-order valence-electron chi connectivity index (χ1n) is 9.29. The summed E-state index contributed by atoms with van der Waals surface area (Å²) in [6.45, 7) is 0.344. The molecular formula is C23H15N3O2. The second-order valence-electron chi connectivity index (χ2n) is 7.15. The van der Waals surface area contributed by atoms with Crippen LogP contribution in [0.3, 0.4) is 0 Å². The molecule has 0 aliphatic rings. The fourth-order valence-corrected chi connectivity index (χ4v) is 4.43. The Morgan fingerprint density at radius 3 is 2.57 bits per heavy atom. The van der Waals surface area contributed by atoms with Crippen LogP contribution in [-0.2, 0) is 11.3 Å². The second kappa shape index (κ2) is 5.39. The van der Waals surface area contributed by atoms with Crippen molar-refractivity contribution in [2.24, 2.45) is 0 Å². The smallest absolute Gasteiger partial charge is 0.308 e. The Labute approximate surface area is 159 Å². The first-order chi connectivity index (χ1) is 13.7. The Balaban J connectivity index is 1.81. The van der Waals surface area contributed by atoms with E-state index in [-0.39, 0.29) is 6.42 Å². The van der Waals surface area contributed by atoms with Crippen LogP contribution >= 0.6 is 0 Å². The van der Waals surface area contributed by atoms with Gasteiger partial charge in [0, 0.05) is 29.2 Å². The molecule has 0 atom stereocenters. The van der Waals surface area contributed by atoms with E-state index < -0.39 is 5.97 Å². The number of hydrogen-bond donors (Lipinski definition) is 0. The van der Waals surface area contributed by atoms with Crippen molar-refractivity contribution in [1.82, 2.24) is 9.61 Å². The molecule has 0 radical (unpaired) electrons. The van der Waals surface area contributed by atoms with Gasteiger partial charge in [-0.15, -0.1) is 0 Å². The number of imidazole rings is 1. The van der Waals surface area contributed by atoms with E-state index in [4.69, 9.17) is 5.10 Å². The number of aliphatic carboxylic acids is 1. The highest BCUT2D eigenvalue weighted by atomic mass is 16.4. The van der Waals surface area contributed by atoms with Crippen LogP contribution in [-0.4, -0.2) is 15.6 Å². The third kappa shape index (κ3) is 1.93. The predicted octanol–water partition coefficient (Wildman–Crippen LogP) is 2.81. The van der Waals surface area contributed by atoms with Gasteiger partial charge < -0.3 is 9.90 Å². The Hall–Kier alpha value is -3.73. The van der Waals surface area contributed by atoms with Crippen molar-refractivity contribution in [1.29, 1.82) is 0 Å². The maximum Gasteiger partial charge on any atom is 0.308 e. The van der Waals surface area contributed by atoms with Crippen molar-refractivity contribution < 1.29 is 14.5 Å². The molecule has 0 N–H and O–H groups in total. The number of carboxylic acids is 1. The molecule has 134 valence electrons. The van der Waals surface area contributed by atoms with E-state index in [0.717, 1.165) is 33.0 Å². The molecule has 5 nitrogen and oxygen atoms in total. The van der Waals surface area contributed by atoms with Gasteiger partial charge in [0.25, 0.3) is 0 Å². The highest BCUT2D eigenvalue weighted by Gasteiger charge is 2.23. The normalized spacial score (nSPS) is 12.1. The van der Waals surface area contributed by atoms with Crippen LogP contribution in [0.15, 0.2) is 66.7 Å². The standard InChI is InChI=1S/C23H15N3O2/c27-21(28)11-12-25-18-9-1-2-10-19(18)26-20(25)13-17-15-7-3-5-14-6-4-8-16(22(14)15)23(17)24-26/h1-10,13H,11-12H2. The zero-order valence-electron chi connectivity index (χ0n) is 14.9. The number of benzene rings is 3. The molecule has 2 aromatic heterocycles. The molecule has 0 unspecified atom stereocenters. The molecule has 0 aliphatic heterocycles. The summed E-state index contributed by atoms with van der Waals surface area (Å²) in [5, 5.41) is 21.9. The highest BCUT2D eigenvalue weighted by molar-refractivity contribution is 6.29. The minimum absolute atomic E-state index is 0.0404. The van der Waals surface area contributed by atoms with Crippen molar-refractivity contribution in [2.75, 3.05) is 0 Å². The lowest BCUT2D eigenvalue weighted by molar-refractivity contribution is -0.645. The summed E-state index contributed by atoms with van der Waals surface area (Å²) >= 11 is 0. The molecule has 6 rings (SSSR count). The molecule has 0 amide bonds. The molecule has 0 bridgehead atoms. The van der Waals surface area contributed by atoms with Crippen molar-refractivity contribution in [3.05, 3.63) is 66.7 Å². The Kier molecular flexibility index (Phi) is 2.95. The number of fused-ring (bicyclic) bond motifs is 6. The highest BCUT2D eigenvalue weighted by Crippen LogP contribution is 2.37. The number of aromatic nitrogens is 3. The second-order valence-corrected chi connectivity index (χ2v) is 7.15. The maximum absolute atomic E-state index is 11.1. The average Bonchev–Trinajstić information content (AvgIpc) is 3.20. The van der Waals surface area contributed by atoms with Crippen LogP contribution in [0.5, 0.6) is 0 Å². The summed E-state index contributed by atoms with van der Waals surface area (Å²) in [4.78, 5) is 11.1. The third-order valence-electron chi connectivity index (χ3n) is 5.61. The van der Waals surface area contributed by atoms with E-state index in [9.17, 15) is 9.90 Å². The molecule has 5 heteroatoms. The summed E-state index contributed by atoms with van der Waals surface area (Å²) < 4.78 is 3.94. The largest absolute Gasteiger partial charge is 0.550 e. The number of carbonyl (C=O) groups excluding carboxylic acids is 1. The number of para-hydroxylation sites is 2. The summed E-state index contributed by atoms with van der Waals surface area (Å²) in [6.07, 6.45) is -0.0404. The Bertz CT molecular complexity index is 1540. The van der Waals surface area contributed by atoms with E-state index in [1.807, 2.05) is 33.3 Å². The SMILES string of the molecule is O=C([O-])CC[n+]1c2ccccc2n2nc3c(cc21)c1cccc2cccc3c21. The van der Waals surface area contributed by atoms with E-state index >= 15 is 0 Å². The van der Waals surface area contributed by atoms with E-state index in [1.165, 1.54) is 16.2 Å². The van der Waals surface area contributed by atoms with Gasteiger partial charge in [0.2, 0.25) is 5.52 Å². The molecule has 0 saturated carbocycles. The third-order valence-corrected chi connectivity index (χ3v) is 5.61. The van der Waals surface area contributed by atoms with E-state index in [0.29, 0.717) is 6.54 Å². The number of carbonyl (C=O) groups is 1. The molecule has 28 heavy (non-hydrogen) atoms. The average molecular weight is 365 g/mol. The molecule has 0 aliphatic carbocycles. The lowest BCUT2D eigenvalue weighted by Gasteiger charge is -2.00. The quantitative estimate of drug-likeness (QED) is 0.453.